The van der Waals surface area contributed by atoms with E-state index in [2.05, 4.69) is 10.5 Å². The second kappa shape index (κ2) is 8.53. The number of amides is 2. The van der Waals surface area contributed by atoms with Crippen molar-refractivity contribution in [2.45, 2.75) is 39.5 Å². The minimum Gasteiger partial charge on any atom is -0.361 e. The van der Waals surface area contributed by atoms with Crippen molar-refractivity contribution in [1.82, 2.24) is 5.16 Å². The molecule has 1 aliphatic rings. The first-order chi connectivity index (χ1) is 14.5. The molecule has 0 fully saturated rings. The number of carbonyl (C=O) groups excluding carboxylic acids is 2. The monoisotopic (exact) mass is 403 g/mol. The summed E-state index contributed by atoms with van der Waals surface area (Å²) >= 11 is 0. The number of nitrogens with one attached hydrogen (secondary N) is 1. The van der Waals surface area contributed by atoms with Crippen LogP contribution in [0.25, 0.3) is 0 Å². The molecule has 0 aliphatic carbocycles. The number of nitrogens with zero attached hydrogens (tertiary/aromatic N) is 2. The van der Waals surface area contributed by atoms with Crippen LogP contribution in [0.5, 0.6) is 0 Å². The summed E-state index contributed by atoms with van der Waals surface area (Å²) in [6.45, 7) is 4.41. The van der Waals surface area contributed by atoms with E-state index < -0.39 is 0 Å². The van der Waals surface area contributed by atoms with Crippen LogP contribution in [0.4, 0.5) is 11.4 Å². The molecule has 0 bridgehead atoms. The zero-order valence-corrected chi connectivity index (χ0v) is 17.3. The minimum atomic E-state index is -0.0771. The Morgan fingerprint density at radius 3 is 2.67 bits per heavy atom. The van der Waals surface area contributed by atoms with E-state index in [4.69, 9.17) is 4.52 Å². The second-order valence-electron chi connectivity index (χ2n) is 7.62. The standard InChI is InChI=1S/C24H25N3O3/c1-16-21(17(2)30-26-16)12-13-23(28)25-20-11-10-18-9-6-14-27(22(18)15-20)24(29)19-7-4-3-5-8-19/h3-5,7-8,10-11,15H,6,9,12-14H2,1-2H3,(H,25,28). The summed E-state index contributed by atoms with van der Waals surface area (Å²) in [5, 5.41) is 6.90. The largest absolute Gasteiger partial charge is 0.361 e. The highest BCUT2D eigenvalue weighted by molar-refractivity contribution is 6.07. The average molecular weight is 403 g/mol. The lowest BCUT2D eigenvalue weighted by atomic mass is 10.00. The molecule has 6 heteroatoms. The molecule has 154 valence electrons. The van der Waals surface area contributed by atoms with Gasteiger partial charge in [-0.2, -0.15) is 0 Å². The van der Waals surface area contributed by atoms with Crippen molar-refractivity contribution in [2.75, 3.05) is 16.8 Å². The molecule has 0 atom stereocenters. The van der Waals surface area contributed by atoms with Gasteiger partial charge in [0.05, 0.1) is 5.69 Å². The molecule has 0 saturated carbocycles. The van der Waals surface area contributed by atoms with Crippen LogP contribution >= 0.6 is 0 Å². The van der Waals surface area contributed by atoms with Gasteiger partial charge in [-0.3, -0.25) is 9.59 Å². The zero-order chi connectivity index (χ0) is 21.1. The second-order valence-corrected chi connectivity index (χ2v) is 7.62. The first kappa shape index (κ1) is 19.9. The van der Waals surface area contributed by atoms with Crippen molar-refractivity contribution in [3.8, 4) is 0 Å². The third kappa shape index (κ3) is 4.13. The van der Waals surface area contributed by atoms with E-state index in [1.165, 1.54) is 0 Å². The van der Waals surface area contributed by atoms with Crippen LogP contribution in [0.15, 0.2) is 53.1 Å². The Morgan fingerprint density at radius 1 is 1.13 bits per heavy atom. The van der Waals surface area contributed by atoms with Gasteiger partial charge >= 0.3 is 0 Å². The molecule has 1 aliphatic heterocycles. The fraction of sp³-hybridized carbons (Fsp3) is 0.292. The number of benzene rings is 2. The van der Waals surface area contributed by atoms with Crippen LogP contribution in [-0.4, -0.2) is 23.5 Å². The van der Waals surface area contributed by atoms with Gasteiger partial charge in [0, 0.05) is 35.5 Å². The Balaban J connectivity index is 1.48. The van der Waals surface area contributed by atoms with Gasteiger partial charge in [0.15, 0.2) is 0 Å². The summed E-state index contributed by atoms with van der Waals surface area (Å²) in [5.74, 6) is 0.661. The SMILES string of the molecule is Cc1noc(C)c1CCC(=O)Nc1ccc2c(c1)N(C(=O)c1ccccc1)CCC2. The molecule has 0 spiro atoms. The smallest absolute Gasteiger partial charge is 0.258 e. The third-order valence-corrected chi connectivity index (χ3v) is 5.54. The molecule has 1 N–H and O–H groups in total. The summed E-state index contributed by atoms with van der Waals surface area (Å²) in [5.41, 5.74) is 5.17. The molecule has 2 amide bonds. The molecule has 0 unspecified atom stereocenters. The highest BCUT2D eigenvalue weighted by Crippen LogP contribution is 2.31. The predicted molar refractivity (Wildman–Crippen MR) is 116 cm³/mol. The number of rotatable bonds is 5. The lowest BCUT2D eigenvalue weighted by Crippen LogP contribution is -2.35. The molecule has 2 heterocycles. The van der Waals surface area contributed by atoms with Crippen LogP contribution < -0.4 is 10.2 Å². The Labute approximate surface area is 175 Å². The van der Waals surface area contributed by atoms with Gasteiger partial charge in [-0.15, -0.1) is 0 Å². The van der Waals surface area contributed by atoms with Crippen LogP contribution in [0.3, 0.4) is 0 Å². The van der Waals surface area contributed by atoms with Crippen molar-refractivity contribution in [3.63, 3.8) is 0 Å². The van der Waals surface area contributed by atoms with Gasteiger partial charge in [0.25, 0.3) is 5.91 Å². The van der Waals surface area contributed by atoms with E-state index >= 15 is 0 Å². The highest BCUT2D eigenvalue weighted by atomic mass is 16.5. The van der Waals surface area contributed by atoms with Crippen LogP contribution in [0.2, 0.25) is 0 Å². The van der Waals surface area contributed by atoms with Crippen molar-refractivity contribution in [2.24, 2.45) is 0 Å². The normalized spacial score (nSPS) is 13.1. The van der Waals surface area contributed by atoms with E-state index in [9.17, 15) is 9.59 Å². The zero-order valence-electron chi connectivity index (χ0n) is 17.3. The summed E-state index contributed by atoms with van der Waals surface area (Å²) in [7, 11) is 0. The van der Waals surface area contributed by atoms with E-state index in [0.29, 0.717) is 30.6 Å². The van der Waals surface area contributed by atoms with E-state index in [1.54, 1.807) is 0 Å². The quantitative estimate of drug-likeness (QED) is 0.683. The molecule has 6 nitrogen and oxygen atoms in total. The Kier molecular flexibility index (Phi) is 5.65. The lowest BCUT2D eigenvalue weighted by molar-refractivity contribution is -0.116. The molecular formula is C24H25N3O3. The van der Waals surface area contributed by atoms with Crippen molar-refractivity contribution < 1.29 is 14.1 Å². The fourth-order valence-corrected chi connectivity index (χ4v) is 3.92. The van der Waals surface area contributed by atoms with Gasteiger partial charge < -0.3 is 14.7 Å². The molecule has 4 rings (SSSR count). The maximum Gasteiger partial charge on any atom is 0.258 e. The van der Waals surface area contributed by atoms with E-state index in [0.717, 1.165) is 41.1 Å². The topological polar surface area (TPSA) is 75.4 Å². The molecule has 1 aromatic heterocycles. The van der Waals surface area contributed by atoms with E-state index in [-0.39, 0.29) is 11.8 Å². The average Bonchev–Trinajstić information content (AvgIpc) is 3.09. The summed E-state index contributed by atoms with van der Waals surface area (Å²) < 4.78 is 5.16. The first-order valence-corrected chi connectivity index (χ1v) is 10.2. The van der Waals surface area contributed by atoms with Crippen molar-refractivity contribution in [3.05, 3.63) is 76.7 Å². The molecule has 3 aromatic rings. The van der Waals surface area contributed by atoms with Crippen LogP contribution in [0.1, 0.15) is 45.8 Å². The lowest BCUT2D eigenvalue weighted by Gasteiger charge is -2.30. The maximum absolute atomic E-state index is 13.0. The Morgan fingerprint density at radius 2 is 1.93 bits per heavy atom. The summed E-state index contributed by atoms with van der Waals surface area (Å²) in [4.78, 5) is 27.3. The predicted octanol–water partition coefficient (Wildman–Crippen LogP) is 4.46. The molecule has 30 heavy (non-hydrogen) atoms. The Bertz CT molecular complexity index is 1050. The molecule has 0 radical (unpaired) electrons. The number of aromatic nitrogens is 1. The number of hydrogen-bond donors (Lipinski definition) is 1. The number of carbonyl (C=O) groups is 2. The van der Waals surface area contributed by atoms with Gasteiger partial charge in [-0.1, -0.05) is 29.4 Å². The third-order valence-electron chi connectivity index (χ3n) is 5.54. The number of aryl methyl sites for hydroxylation is 3. The molecular weight excluding hydrogens is 378 g/mol. The van der Waals surface area contributed by atoms with Gasteiger partial charge in [0.2, 0.25) is 5.91 Å². The van der Waals surface area contributed by atoms with Crippen LogP contribution in [-0.2, 0) is 17.6 Å². The summed E-state index contributed by atoms with van der Waals surface area (Å²) in [6, 6.07) is 15.1. The van der Waals surface area contributed by atoms with Gasteiger partial charge in [0.1, 0.15) is 5.76 Å². The fourth-order valence-electron chi connectivity index (χ4n) is 3.92. The number of anilines is 2. The minimum absolute atomic E-state index is 0.0153. The number of fused-ring (bicyclic) bond motifs is 1. The molecule has 2 aromatic carbocycles. The Hall–Kier alpha value is -3.41. The van der Waals surface area contributed by atoms with Gasteiger partial charge in [-0.25, -0.2) is 0 Å². The maximum atomic E-state index is 13.0. The summed E-state index contributed by atoms with van der Waals surface area (Å²) in [6.07, 6.45) is 2.77. The first-order valence-electron chi connectivity index (χ1n) is 10.2. The highest BCUT2D eigenvalue weighted by Gasteiger charge is 2.24. The van der Waals surface area contributed by atoms with Crippen LogP contribution in [0, 0.1) is 13.8 Å². The van der Waals surface area contributed by atoms with Crippen molar-refractivity contribution in [1.29, 1.82) is 0 Å². The molecule has 0 saturated heterocycles. The number of hydrogen-bond acceptors (Lipinski definition) is 4. The van der Waals surface area contributed by atoms with E-state index in [1.807, 2.05) is 67.3 Å². The van der Waals surface area contributed by atoms with Crippen molar-refractivity contribution >= 4 is 23.2 Å². The van der Waals surface area contributed by atoms with Gasteiger partial charge in [-0.05, 0) is 62.9 Å².